The van der Waals surface area contributed by atoms with Crippen molar-refractivity contribution in [3.8, 4) is 0 Å². The molecule has 1 aromatic carbocycles. The molecule has 1 saturated heterocycles. The molecule has 5 heteroatoms. The molecule has 1 saturated carbocycles. The molecule has 0 bridgehead atoms. The summed E-state index contributed by atoms with van der Waals surface area (Å²) in [4.78, 5) is 27.5. The van der Waals surface area contributed by atoms with Crippen molar-refractivity contribution in [2.45, 2.75) is 84.1 Å². The Morgan fingerprint density at radius 1 is 1.04 bits per heavy atom. The molecule has 1 atom stereocenters. The minimum Gasteiger partial charge on any atom is -0.374 e. The zero-order valence-corrected chi connectivity index (χ0v) is 17.3. The van der Waals surface area contributed by atoms with Crippen LogP contribution in [-0.2, 0) is 27.5 Å². The highest BCUT2D eigenvalue weighted by Crippen LogP contribution is 2.28. The maximum Gasteiger partial charge on any atom is 0.243 e. The number of rotatable bonds is 7. The lowest BCUT2D eigenvalue weighted by Crippen LogP contribution is -2.47. The molecule has 1 aliphatic carbocycles. The van der Waals surface area contributed by atoms with Gasteiger partial charge in [0.2, 0.25) is 11.8 Å². The van der Waals surface area contributed by atoms with E-state index in [-0.39, 0.29) is 29.9 Å². The molecule has 1 N–H and O–H groups in total. The molecular formula is C23H34N2O3. The van der Waals surface area contributed by atoms with Crippen LogP contribution in [0.1, 0.15) is 69.9 Å². The van der Waals surface area contributed by atoms with Crippen LogP contribution in [0.4, 0.5) is 0 Å². The van der Waals surface area contributed by atoms with Crippen LogP contribution in [0.15, 0.2) is 24.3 Å². The Balaban J connectivity index is 1.50. The van der Waals surface area contributed by atoms with Crippen LogP contribution in [0.5, 0.6) is 0 Å². The van der Waals surface area contributed by atoms with Crippen LogP contribution < -0.4 is 5.32 Å². The van der Waals surface area contributed by atoms with E-state index in [1.165, 1.54) is 6.42 Å². The number of carbonyl (C=O) groups is 2. The Hall–Kier alpha value is -1.88. The number of amides is 2. The van der Waals surface area contributed by atoms with Crippen molar-refractivity contribution in [1.82, 2.24) is 10.2 Å². The number of nitrogens with zero attached hydrogens (tertiary/aromatic N) is 1. The van der Waals surface area contributed by atoms with E-state index in [4.69, 9.17) is 4.74 Å². The Labute approximate surface area is 168 Å². The van der Waals surface area contributed by atoms with Crippen LogP contribution in [0.25, 0.3) is 0 Å². The summed E-state index contributed by atoms with van der Waals surface area (Å²) in [6.07, 6.45) is 7.38. The quantitative estimate of drug-likeness (QED) is 0.775. The SMILES string of the molecule is CC(C)OCc1ccc(CNC(=O)C2CCCN2C(=O)C2CCCCC2)cc1. The Morgan fingerprint density at radius 2 is 1.71 bits per heavy atom. The summed E-state index contributed by atoms with van der Waals surface area (Å²) >= 11 is 0. The van der Waals surface area contributed by atoms with Gasteiger partial charge in [-0.25, -0.2) is 0 Å². The zero-order valence-electron chi connectivity index (χ0n) is 17.3. The van der Waals surface area contributed by atoms with Crippen molar-refractivity contribution in [3.05, 3.63) is 35.4 Å². The summed E-state index contributed by atoms with van der Waals surface area (Å²) in [6, 6.07) is 7.84. The third-order valence-corrected chi connectivity index (χ3v) is 5.87. The maximum atomic E-state index is 12.9. The number of benzene rings is 1. The van der Waals surface area contributed by atoms with Gasteiger partial charge in [0.05, 0.1) is 12.7 Å². The molecule has 1 heterocycles. The fourth-order valence-electron chi connectivity index (χ4n) is 4.21. The average molecular weight is 387 g/mol. The molecular weight excluding hydrogens is 352 g/mol. The third-order valence-electron chi connectivity index (χ3n) is 5.87. The Morgan fingerprint density at radius 3 is 2.39 bits per heavy atom. The summed E-state index contributed by atoms with van der Waals surface area (Å²) in [5, 5.41) is 3.03. The topological polar surface area (TPSA) is 58.6 Å². The minimum atomic E-state index is -0.298. The van der Waals surface area contributed by atoms with Crippen molar-refractivity contribution in [3.63, 3.8) is 0 Å². The molecule has 3 rings (SSSR count). The maximum absolute atomic E-state index is 12.9. The van der Waals surface area contributed by atoms with Crippen LogP contribution in [0, 0.1) is 5.92 Å². The third kappa shape index (κ3) is 5.57. The lowest BCUT2D eigenvalue weighted by Gasteiger charge is -2.30. The van der Waals surface area contributed by atoms with E-state index in [1.54, 1.807) is 0 Å². The number of likely N-dealkylation sites (tertiary alicyclic amines) is 1. The summed E-state index contributed by atoms with van der Waals surface area (Å²) in [6.45, 7) is 5.86. The van der Waals surface area contributed by atoms with Gasteiger partial charge in [0.15, 0.2) is 0 Å². The number of ether oxygens (including phenoxy) is 1. The second kappa shape index (κ2) is 10.1. The summed E-state index contributed by atoms with van der Waals surface area (Å²) in [7, 11) is 0. The zero-order chi connectivity index (χ0) is 19.9. The van der Waals surface area contributed by atoms with Crippen LogP contribution >= 0.6 is 0 Å². The molecule has 154 valence electrons. The van der Waals surface area contributed by atoms with Crippen molar-refractivity contribution in [2.24, 2.45) is 5.92 Å². The van der Waals surface area contributed by atoms with Gasteiger partial charge >= 0.3 is 0 Å². The van der Waals surface area contributed by atoms with E-state index in [2.05, 4.69) is 5.32 Å². The molecule has 2 fully saturated rings. The van der Waals surface area contributed by atoms with E-state index in [1.807, 2.05) is 43.0 Å². The molecule has 0 radical (unpaired) electrons. The standard InChI is InChI=1S/C23H34N2O3/c1-17(2)28-16-19-12-10-18(11-13-19)15-24-22(26)21-9-6-14-25(21)23(27)20-7-4-3-5-8-20/h10-13,17,20-21H,3-9,14-16H2,1-2H3,(H,24,26). The van der Waals surface area contributed by atoms with E-state index in [9.17, 15) is 9.59 Å². The lowest BCUT2D eigenvalue weighted by molar-refractivity contribution is -0.142. The second-order valence-corrected chi connectivity index (χ2v) is 8.42. The summed E-state index contributed by atoms with van der Waals surface area (Å²) < 4.78 is 5.61. The molecule has 1 aliphatic heterocycles. The van der Waals surface area contributed by atoms with E-state index in [0.717, 1.165) is 56.2 Å². The van der Waals surface area contributed by atoms with Crippen molar-refractivity contribution >= 4 is 11.8 Å². The van der Waals surface area contributed by atoms with Gasteiger partial charge < -0.3 is 15.0 Å². The molecule has 2 amide bonds. The van der Waals surface area contributed by atoms with Gasteiger partial charge in [-0.2, -0.15) is 0 Å². The second-order valence-electron chi connectivity index (χ2n) is 8.42. The predicted molar refractivity (Wildman–Crippen MR) is 110 cm³/mol. The highest BCUT2D eigenvalue weighted by molar-refractivity contribution is 5.89. The van der Waals surface area contributed by atoms with E-state index >= 15 is 0 Å². The first-order chi connectivity index (χ1) is 13.5. The molecule has 0 spiro atoms. The van der Waals surface area contributed by atoms with Gasteiger partial charge in [0.1, 0.15) is 6.04 Å². The number of carbonyl (C=O) groups excluding carboxylic acids is 2. The molecule has 0 aromatic heterocycles. The first-order valence-corrected chi connectivity index (χ1v) is 10.8. The van der Waals surface area contributed by atoms with Crippen molar-refractivity contribution in [2.75, 3.05) is 6.54 Å². The van der Waals surface area contributed by atoms with E-state index in [0.29, 0.717) is 13.2 Å². The average Bonchev–Trinajstić information content (AvgIpc) is 3.21. The van der Waals surface area contributed by atoms with Gasteiger partial charge in [0, 0.05) is 19.0 Å². The normalized spacial score (nSPS) is 20.5. The molecule has 1 unspecified atom stereocenters. The monoisotopic (exact) mass is 386 g/mol. The fraction of sp³-hybridized carbons (Fsp3) is 0.652. The van der Waals surface area contributed by atoms with Gasteiger partial charge in [-0.3, -0.25) is 9.59 Å². The number of hydrogen-bond donors (Lipinski definition) is 1. The van der Waals surface area contributed by atoms with Crippen molar-refractivity contribution in [1.29, 1.82) is 0 Å². The summed E-state index contributed by atoms with van der Waals surface area (Å²) in [5.41, 5.74) is 2.19. The van der Waals surface area contributed by atoms with Crippen LogP contribution in [0.3, 0.4) is 0 Å². The fourth-order valence-corrected chi connectivity index (χ4v) is 4.21. The lowest BCUT2D eigenvalue weighted by atomic mass is 9.88. The first kappa shape index (κ1) is 20.8. The highest BCUT2D eigenvalue weighted by atomic mass is 16.5. The number of hydrogen-bond acceptors (Lipinski definition) is 3. The van der Waals surface area contributed by atoms with Gasteiger partial charge in [-0.15, -0.1) is 0 Å². The first-order valence-electron chi connectivity index (χ1n) is 10.8. The van der Waals surface area contributed by atoms with Crippen molar-refractivity contribution < 1.29 is 14.3 Å². The van der Waals surface area contributed by atoms with Crippen LogP contribution in [-0.4, -0.2) is 35.4 Å². The molecule has 28 heavy (non-hydrogen) atoms. The van der Waals surface area contributed by atoms with Gasteiger partial charge in [-0.05, 0) is 50.7 Å². The van der Waals surface area contributed by atoms with E-state index < -0.39 is 0 Å². The van der Waals surface area contributed by atoms with Gasteiger partial charge in [0.25, 0.3) is 0 Å². The Bertz CT molecular complexity index is 650. The Kier molecular flexibility index (Phi) is 7.49. The predicted octanol–water partition coefficient (Wildman–Crippen LogP) is 3.80. The summed E-state index contributed by atoms with van der Waals surface area (Å²) in [5.74, 6) is 0.309. The minimum absolute atomic E-state index is 0.0196. The molecule has 5 nitrogen and oxygen atoms in total. The smallest absolute Gasteiger partial charge is 0.243 e. The molecule has 1 aromatic rings. The van der Waals surface area contributed by atoms with Crippen LogP contribution in [0.2, 0.25) is 0 Å². The number of nitrogens with one attached hydrogen (secondary N) is 1. The highest BCUT2D eigenvalue weighted by Gasteiger charge is 2.37. The largest absolute Gasteiger partial charge is 0.374 e. The van der Waals surface area contributed by atoms with Gasteiger partial charge in [-0.1, -0.05) is 43.5 Å². The molecule has 2 aliphatic rings.